The standard InChI is InChI=1S/C21H26NO2/c1-3-22(2)18-10-11-19(22)14-20(13-18)24-21(23)17-9-8-15-6-4-5-7-16(15)12-17/h4-9,12,18-20H,3,10-11,13-14H2,1-2H3/q+1. The highest BCUT2D eigenvalue weighted by atomic mass is 16.5. The number of benzene rings is 2. The fourth-order valence-corrected chi connectivity index (χ4v) is 4.84. The van der Waals surface area contributed by atoms with E-state index in [9.17, 15) is 4.79 Å². The molecule has 2 aliphatic rings. The summed E-state index contributed by atoms with van der Waals surface area (Å²) >= 11 is 0. The number of carbonyl (C=O) groups is 1. The van der Waals surface area contributed by atoms with E-state index in [0.717, 1.165) is 23.6 Å². The molecule has 24 heavy (non-hydrogen) atoms. The number of nitrogens with zero attached hydrogens (tertiary/aromatic N) is 1. The molecule has 0 spiro atoms. The van der Waals surface area contributed by atoms with E-state index in [4.69, 9.17) is 4.74 Å². The molecule has 4 rings (SSSR count). The molecule has 2 heterocycles. The number of hydrogen-bond donors (Lipinski definition) is 0. The smallest absolute Gasteiger partial charge is 0.338 e. The molecule has 0 N–H and O–H groups in total. The van der Waals surface area contributed by atoms with Crippen LogP contribution in [0.4, 0.5) is 0 Å². The number of hydrogen-bond acceptors (Lipinski definition) is 2. The molecule has 3 heteroatoms. The van der Waals surface area contributed by atoms with Crippen molar-refractivity contribution in [3.63, 3.8) is 0 Å². The number of esters is 1. The Hall–Kier alpha value is -1.87. The summed E-state index contributed by atoms with van der Waals surface area (Å²) < 4.78 is 7.07. The van der Waals surface area contributed by atoms with E-state index in [1.807, 2.05) is 36.4 Å². The van der Waals surface area contributed by atoms with Gasteiger partial charge in [0.1, 0.15) is 6.10 Å². The maximum Gasteiger partial charge on any atom is 0.338 e. The van der Waals surface area contributed by atoms with Crippen molar-refractivity contribution in [1.82, 2.24) is 0 Å². The molecule has 2 aromatic rings. The Bertz CT molecular complexity index is 755. The van der Waals surface area contributed by atoms with Crippen LogP contribution in [-0.4, -0.2) is 42.2 Å². The van der Waals surface area contributed by atoms with E-state index in [1.165, 1.54) is 23.9 Å². The first-order chi connectivity index (χ1) is 11.6. The van der Waals surface area contributed by atoms with Gasteiger partial charge < -0.3 is 9.22 Å². The maximum atomic E-state index is 12.6. The van der Waals surface area contributed by atoms with Crippen LogP contribution in [0.1, 0.15) is 43.0 Å². The van der Waals surface area contributed by atoms with E-state index >= 15 is 0 Å². The normalized spacial score (nSPS) is 32.0. The highest BCUT2D eigenvalue weighted by Crippen LogP contribution is 2.42. The zero-order chi connectivity index (χ0) is 16.7. The van der Waals surface area contributed by atoms with E-state index in [2.05, 4.69) is 20.0 Å². The molecular formula is C21H26NO2+. The predicted molar refractivity (Wildman–Crippen MR) is 95.9 cm³/mol. The lowest BCUT2D eigenvalue weighted by molar-refractivity contribution is -0.947. The van der Waals surface area contributed by atoms with Crippen LogP contribution in [0.25, 0.3) is 10.8 Å². The molecular weight excluding hydrogens is 298 g/mol. The fraction of sp³-hybridized carbons (Fsp3) is 0.476. The van der Waals surface area contributed by atoms with Crippen molar-refractivity contribution in [1.29, 1.82) is 0 Å². The third-order valence-electron chi connectivity index (χ3n) is 6.51. The van der Waals surface area contributed by atoms with Crippen molar-refractivity contribution in [3.05, 3.63) is 48.0 Å². The first-order valence-electron chi connectivity index (χ1n) is 9.15. The summed E-state index contributed by atoms with van der Waals surface area (Å²) in [6.45, 7) is 3.47. The Morgan fingerprint density at radius 1 is 1.08 bits per heavy atom. The molecule has 2 saturated heterocycles. The number of piperidine rings is 1. The Balaban J connectivity index is 1.48. The Morgan fingerprint density at radius 3 is 2.42 bits per heavy atom. The molecule has 3 nitrogen and oxygen atoms in total. The van der Waals surface area contributed by atoms with Crippen molar-refractivity contribution in [2.45, 2.75) is 50.8 Å². The second kappa shape index (κ2) is 5.89. The topological polar surface area (TPSA) is 26.3 Å². The number of ether oxygens (including phenoxy) is 1. The van der Waals surface area contributed by atoms with Crippen LogP contribution in [-0.2, 0) is 4.74 Å². The van der Waals surface area contributed by atoms with Gasteiger partial charge in [-0.25, -0.2) is 4.79 Å². The summed E-state index contributed by atoms with van der Waals surface area (Å²) in [5, 5.41) is 2.24. The molecule has 0 amide bonds. The molecule has 2 unspecified atom stereocenters. The van der Waals surface area contributed by atoms with E-state index in [1.54, 1.807) is 0 Å². The average Bonchev–Trinajstić information content (AvgIpc) is 2.78. The van der Waals surface area contributed by atoms with Crippen molar-refractivity contribution < 1.29 is 14.0 Å². The maximum absolute atomic E-state index is 12.6. The minimum Gasteiger partial charge on any atom is -0.458 e. The van der Waals surface area contributed by atoms with Gasteiger partial charge in [0.05, 0.1) is 31.2 Å². The molecule has 2 fully saturated rings. The Labute approximate surface area is 143 Å². The van der Waals surface area contributed by atoms with Gasteiger partial charge in [-0.15, -0.1) is 0 Å². The largest absolute Gasteiger partial charge is 0.458 e. The van der Waals surface area contributed by atoms with E-state index < -0.39 is 0 Å². The first kappa shape index (κ1) is 15.6. The summed E-state index contributed by atoms with van der Waals surface area (Å²) in [6, 6.07) is 15.3. The SMILES string of the molecule is CC[N+]1(C)C2CCC1CC(OC(=O)c1ccc3ccccc3c1)C2. The third kappa shape index (κ3) is 2.51. The number of quaternary nitrogens is 1. The first-order valence-corrected chi connectivity index (χ1v) is 9.15. The molecule has 2 atom stereocenters. The number of fused-ring (bicyclic) bond motifs is 3. The highest BCUT2D eigenvalue weighted by molar-refractivity contribution is 5.95. The highest BCUT2D eigenvalue weighted by Gasteiger charge is 2.51. The van der Waals surface area contributed by atoms with Gasteiger partial charge in [0.15, 0.2) is 0 Å². The van der Waals surface area contributed by atoms with E-state index in [0.29, 0.717) is 17.6 Å². The fourth-order valence-electron chi connectivity index (χ4n) is 4.84. The summed E-state index contributed by atoms with van der Waals surface area (Å²) in [6.07, 6.45) is 4.66. The van der Waals surface area contributed by atoms with Gasteiger partial charge in [-0.2, -0.15) is 0 Å². The molecule has 2 bridgehead atoms. The minimum atomic E-state index is -0.169. The van der Waals surface area contributed by atoms with E-state index in [-0.39, 0.29) is 12.1 Å². The van der Waals surface area contributed by atoms with Crippen molar-refractivity contribution in [3.8, 4) is 0 Å². The lowest BCUT2D eigenvalue weighted by Gasteiger charge is -2.46. The van der Waals surface area contributed by atoms with Crippen molar-refractivity contribution in [2.24, 2.45) is 0 Å². The second-order valence-electron chi connectivity index (χ2n) is 7.61. The van der Waals surface area contributed by atoms with Crippen LogP contribution in [0.5, 0.6) is 0 Å². The molecule has 2 aromatic carbocycles. The molecule has 2 aliphatic heterocycles. The monoisotopic (exact) mass is 324 g/mol. The summed E-state index contributed by atoms with van der Waals surface area (Å²) in [5.74, 6) is -0.169. The lowest BCUT2D eigenvalue weighted by Crippen LogP contribution is -2.58. The van der Waals surface area contributed by atoms with Gasteiger partial charge in [0, 0.05) is 25.7 Å². The van der Waals surface area contributed by atoms with Gasteiger partial charge in [-0.05, 0) is 29.8 Å². The van der Waals surface area contributed by atoms with Crippen LogP contribution >= 0.6 is 0 Å². The van der Waals surface area contributed by atoms with Gasteiger partial charge in [-0.1, -0.05) is 30.3 Å². The van der Waals surface area contributed by atoms with Crippen LogP contribution in [0.3, 0.4) is 0 Å². The summed E-state index contributed by atoms with van der Waals surface area (Å²) in [7, 11) is 2.38. The Kier molecular flexibility index (Phi) is 3.84. The van der Waals surface area contributed by atoms with Gasteiger partial charge in [-0.3, -0.25) is 0 Å². The summed E-state index contributed by atoms with van der Waals surface area (Å²) in [4.78, 5) is 12.6. The quantitative estimate of drug-likeness (QED) is 0.626. The zero-order valence-electron chi connectivity index (χ0n) is 14.6. The third-order valence-corrected chi connectivity index (χ3v) is 6.51. The molecule has 126 valence electrons. The number of carbonyl (C=O) groups excluding carboxylic acids is 1. The average molecular weight is 324 g/mol. The van der Waals surface area contributed by atoms with Crippen LogP contribution < -0.4 is 0 Å². The van der Waals surface area contributed by atoms with Gasteiger partial charge in [0.2, 0.25) is 0 Å². The van der Waals surface area contributed by atoms with Crippen LogP contribution in [0.15, 0.2) is 42.5 Å². The Morgan fingerprint density at radius 2 is 1.75 bits per heavy atom. The minimum absolute atomic E-state index is 0.0826. The van der Waals surface area contributed by atoms with Gasteiger partial charge >= 0.3 is 5.97 Å². The van der Waals surface area contributed by atoms with Gasteiger partial charge in [0.25, 0.3) is 0 Å². The second-order valence-corrected chi connectivity index (χ2v) is 7.61. The van der Waals surface area contributed by atoms with Crippen LogP contribution in [0, 0.1) is 0 Å². The zero-order valence-corrected chi connectivity index (χ0v) is 14.6. The molecule has 0 radical (unpaired) electrons. The predicted octanol–water partition coefficient (Wildman–Crippen LogP) is 4.16. The van der Waals surface area contributed by atoms with Crippen molar-refractivity contribution >= 4 is 16.7 Å². The van der Waals surface area contributed by atoms with Crippen LogP contribution in [0.2, 0.25) is 0 Å². The molecule has 0 saturated carbocycles. The number of rotatable bonds is 3. The molecule has 0 aromatic heterocycles. The summed E-state index contributed by atoms with van der Waals surface area (Å²) in [5.41, 5.74) is 0.666. The van der Waals surface area contributed by atoms with Crippen molar-refractivity contribution in [2.75, 3.05) is 13.6 Å². The lowest BCUT2D eigenvalue weighted by atomic mass is 9.96. The molecule has 0 aliphatic carbocycles.